The number of carbonyl (C=O) groups excluding carboxylic acids is 1. The number of nitrogens with zero attached hydrogens (tertiary/aromatic N) is 2. The largest absolute Gasteiger partial charge is 0.504 e. The third kappa shape index (κ3) is 3.32. The minimum atomic E-state index is -0.332. The van der Waals surface area contributed by atoms with Crippen molar-refractivity contribution in [3.8, 4) is 11.5 Å². The number of nitrogens with one attached hydrogen (secondary N) is 1. The number of aromatic hydroxyl groups is 1. The first-order valence-corrected chi connectivity index (χ1v) is 5.81. The van der Waals surface area contributed by atoms with E-state index in [1.807, 2.05) is 0 Å². The van der Waals surface area contributed by atoms with Gasteiger partial charge in [-0.2, -0.15) is 5.10 Å². The zero-order valence-corrected chi connectivity index (χ0v) is 10.8. The van der Waals surface area contributed by atoms with E-state index in [4.69, 9.17) is 4.74 Å². The molecule has 0 bridgehead atoms. The molecule has 0 aliphatic heterocycles. The second-order valence-corrected chi connectivity index (χ2v) is 3.87. The number of aromatic nitrogens is 1. The number of hydrogen-bond donors (Lipinski definition) is 2. The lowest BCUT2D eigenvalue weighted by atomic mass is 10.2. The second kappa shape index (κ2) is 6.33. The van der Waals surface area contributed by atoms with Crippen LogP contribution in [0, 0.1) is 0 Å². The average Bonchev–Trinajstić information content (AvgIpc) is 2.48. The number of benzene rings is 1. The molecular weight excluding hydrogens is 258 g/mol. The van der Waals surface area contributed by atoms with Gasteiger partial charge in [-0.25, -0.2) is 5.43 Å². The summed E-state index contributed by atoms with van der Waals surface area (Å²) in [6.45, 7) is 0. The third-order valence-corrected chi connectivity index (χ3v) is 2.53. The summed E-state index contributed by atoms with van der Waals surface area (Å²) in [5, 5.41) is 13.4. The summed E-state index contributed by atoms with van der Waals surface area (Å²) >= 11 is 0. The Morgan fingerprint density at radius 3 is 2.75 bits per heavy atom. The van der Waals surface area contributed by atoms with Gasteiger partial charge in [0.2, 0.25) is 0 Å². The molecule has 2 N–H and O–H groups in total. The maximum absolute atomic E-state index is 11.7. The van der Waals surface area contributed by atoms with Crippen LogP contribution in [-0.4, -0.2) is 29.3 Å². The molecule has 0 unspecified atom stereocenters. The number of hydrogen-bond acceptors (Lipinski definition) is 5. The molecule has 6 nitrogen and oxygen atoms in total. The number of hydrazone groups is 1. The van der Waals surface area contributed by atoms with Crippen molar-refractivity contribution in [3.63, 3.8) is 0 Å². The van der Waals surface area contributed by atoms with E-state index in [0.717, 1.165) is 0 Å². The van der Waals surface area contributed by atoms with E-state index in [-0.39, 0.29) is 11.7 Å². The van der Waals surface area contributed by atoms with E-state index in [1.165, 1.54) is 31.8 Å². The number of carbonyl (C=O) groups is 1. The van der Waals surface area contributed by atoms with Crippen LogP contribution in [0.5, 0.6) is 11.5 Å². The van der Waals surface area contributed by atoms with Crippen LogP contribution in [-0.2, 0) is 0 Å². The van der Waals surface area contributed by atoms with Crippen LogP contribution in [0.1, 0.15) is 15.9 Å². The van der Waals surface area contributed by atoms with Crippen LogP contribution < -0.4 is 10.2 Å². The molecule has 0 aliphatic carbocycles. The highest BCUT2D eigenvalue weighted by Crippen LogP contribution is 2.25. The van der Waals surface area contributed by atoms with E-state index < -0.39 is 0 Å². The van der Waals surface area contributed by atoms with Crippen LogP contribution in [0.4, 0.5) is 0 Å². The molecule has 0 aliphatic rings. The number of phenols is 1. The Bertz CT molecular complexity index is 627. The van der Waals surface area contributed by atoms with Gasteiger partial charge in [0.25, 0.3) is 5.91 Å². The minimum Gasteiger partial charge on any atom is -0.504 e. The Balaban J connectivity index is 2.00. The van der Waals surface area contributed by atoms with Crippen molar-refractivity contribution < 1.29 is 14.6 Å². The molecule has 102 valence electrons. The molecule has 0 atom stereocenters. The fraction of sp³-hybridized carbons (Fsp3) is 0.0714. The number of pyridine rings is 1. The molecule has 1 aromatic heterocycles. The summed E-state index contributed by atoms with van der Waals surface area (Å²) in [7, 11) is 1.47. The highest BCUT2D eigenvalue weighted by molar-refractivity contribution is 5.94. The molecular formula is C14H13N3O3. The normalized spacial score (nSPS) is 10.4. The summed E-state index contributed by atoms with van der Waals surface area (Å²) in [4.78, 5) is 15.5. The highest BCUT2D eigenvalue weighted by Gasteiger charge is 2.03. The maximum atomic E-state index is 11.7. The lowest BCUT2D eigenvalue weighted by molar-refractivity contribution is 0.0955. The number of ether oxygens (including phenoxy) is 1. The number of phenolic OH excluding ortho intramolecular Hbond substituents is 1. The molecule has 6 heteroatoms. The zero-order valence-electron chi connectivity index (χ0n) is 10.8. The lowest BCUT2D eigenvalue weighted by Gasteiger charge is -2.03. The molecule has 0 fully saturated rings. The Kier molecular flexibility index (Phi) is 4.28. The van der Waals surface area contributed by atoms with Gasteiger partial charge in [-0.1, -0.05) is 0 Å². The van der Waals surface area contributed by atoms with Gasteiger partial charge in [0.05, 0.1) is 13.3 Å². The summed E-state index contributed by atoms with van der Waals surface area (Å²) in [5.74, 6) is 0.0567. The first-order valence-electron chi connectivity index (χ1n) is 5.81. The van der Waals surface area contributed by atoms with Gasteiger partial charge in [0.1, 0.15) is 0 Å². The molecule has 2 aromatic rings. The third-order valence-electron chi connectivity index (χ3n) is 2.53. The molecule has 1 aromatic carbocycles. The molecule has 0 saturated carbocycles. The molecule has 0 radical (unpaired) electrons. The fourth-order valence-corrected chi connectivity index (χ4v) is 1.52. The Morgan fingerprint density at radius 1 is 1.35 bits per heavy atom. The molecule has 20 heavy (non-hydrogen) atoms. The van der Waals surface area contributed by atoms with Crippen molar-refractivity contribution in [1.82, 2.24) is 10.4 Å². The Morgan fingerprint density at radius 2 is 2.10 bits per heavy atom. The highest BCUT2D eigenvalue weighted by atomic mass is 16.5. The SMILES string of the molecule is COc1ccc(C=NNC(=O)c2ccncc2)cc1O. The van der Waals surface area contributed by atoms with Crippen molar-refractivity contribution in [2.45, 2.75) is 0 Å². The van der Waals surface area contributed by atoms with Gasteiger partial charge in [0.15, 0.2) is 11.5 Å². The van der Waals surface area contributed by atoms with E-state index >= 15 is 0 Å². The van der Waals surface area contributed by atoms with Gasteiger partial charge in [-0.15, -0.1) is 0 Å². The van der Waals surface area contributed by atoms with Crippen molar-refractivity contribution >= 4 is 12.1 Å². The zero-order chi connectivity index (χ0) is 14.4. The van der Waals surface area contributed by atoms with Crippen molar-refractivity contribution in [1.29, 1.82) is 0 Å². The monoisotopic (exact) mass is 271 g/mol. The topological polar surface area (TPSA) is 83.8 Å². The lowest BCUT2D eigenvalue weighted by Crippen LogP contribution is -2.17. The van der Waals surface area contributed by atoms with Gasteiger partial charge in [0, 0.05) is 18.0 Å². The molecule has 0 spiro atoms. The predicted octanol–water partition coefficient (Wildman–Crippen LogP) is 1.56. The number of methoxy groups -OCH3 is 1. The van der Waals surface area contributed by atoms with Crippen molar-refractivity contribution in [3.05, 3.63) is 53.9 Å². The smallest absolute Gasteiger partial charge is 0.271 e. The molecule has 1 heterocycles. The van der Waals surface area contributed by atoms with E-state index in [0.29, 0.717) is 16.9 Å². The first kappa shape index (κ1) is 13.5. The van der Waals surface area contributed by atoms with Crippen molar-refractivity contribution in [2.75, 3.05) is 7.11 Å². The Hall–Kier alpha value is -2.89. The average molecular weight is 271 g/mol. The summed E-state index contributed by atoms with van der Waals surface area (Å²) < 4.78 is 4.93. The second-order valence-electron chi connectivity index (χ2n) is 3.87. The molecule has 0 saturated heterocycles. The van der Waals surface area contributed by atoms with E-state index in [9.17, 15) is 9.90 Å². The molecule has 2 rings (SSSR count). The van der Waals surface area contributed by atoms with E-state index in [1.54, 1.807) is 24.3 Å². The van der Waals surface area contributed by atoms with Crippen LogP contribution in [0.2, 0.25) is 0 Å². The maximum Gasteiger partial charge on any atom is 0.271 e. The van der Waals surface area contributed by atoms with Gasteiger partial charge in [-0.3, -0.25) is 9.78 Å². The fourth-order valence-electron chi connectivity index (χ4n) is 1.52. The van der Waals surface area contributed by atoms with Gasteiger partial charge >= 0.3 is 0 Å². The molecule has 1 amide bonds. The van der Waals surface area contributed by atoms with Crippen LogP contribution >= 0.6 is 0 Å². The quantitative estimate of drug-likeness (QED) is 0.653. The standard InChI is InChI=1S/C14H13N3O3/c1-20-13-3-2-10(8-12(13)18)9-16-17-14(19)11-4-6-15-7-5-11/h2-9,18H,1H3,(H,17,19). The van der Waals surface area contributed by atoms with Crippen LogP contribution in [0.25, 0.3) is 0 Å². The van der Waals surface area contributed by atoms with Crippen molar-refractivity contribution in [2.24, 2.45) is 5.10 Å². The summed E-state index contributed by atoms with van der Waals surface area (Å²) in [6.07, 6.45) is 4.48. The first-order chi connectivity index (χ1) is 9.70. The Labute approximate surface area is 115 Å². The number of rotatable bonds is 4. The van der Waals surface area contributed by atoms with Crippen LogP contribution in [0.3, 0.4) is 0 Å². The number of amides is 1. The van der Waals surface area contributed by atoms with Gasteiger partial charge in [-0.05, 0) is 35.9 Å². The summed E-state index contributed by atoms with van der Waals surface area (Å²) in [6, 6.07) is 7.98. The van der Waals surface area contributed by atoms with Gasteiger partial charge < -0.3 is 9.84 Å². The minimum absolute atomic E-state index is 0.0110. The summed E-state index contributed by atoms with van der Waals surface area (Å²) in [5.41, 5.74) is 3.49. The van der Waals surface area contributed by atoms with E-state index in [2.05, 4.69) is 15.5 Å². The van der Waals surface area contributed by atoms with Crippen LogP contribution in [0.15, 0.2) is 47.8 Å². The predicted molar refractivity (Wildman–Crippen MR) is 74.0 cm³/mol.